The Bertz CT molecular complexity index is 633. The van der Waals surface area contributed by atoms with Gasteiger partial charge < -0.3 is 24.2 Å². The second kappa shape index (κ2) is 7.08. The van der Waals surface area contributed by atoms with Crippen LogP contribution >= 0.6 is 15.9 Å². The summed E-state index contributed by atoms with van der Waals surface area (Å²) in [6, 6.07) is 0.707. The van der Waals surface area contributed by atoms with Crippen LogP contribution in [0, 0.1) is 0 Å². The summed E-state index contributed by atoms with van der Waals surface area (Å²) >= 11 is 3.35. The first kappa shape index (κ1) is 17.4. The second-order valence-electron chi connectivity index (χ2n) is 5.00. The van der Waals surface area contributed by atoms with Gasteiger partial charge in [-0.1, -0.05) is 0 Å². The molecule has 1 N–H and O–H groups in total. The Morgan fingerprint density at radius 1 is 1.22 bits per heavy atom. The van der Waals surface area contributed by atoms with Gasteiger partial charge in [0, 0.05) is 6.54 Å². The maximum absolute atomic E-state index is 12.8. The van der Waals surface area contributed by atoms with Gasteiger partial charge in [0.05, 0.1) is 31.4 Å². The zero-order valence-electron chi connectivity index (χ0n) is 13.1. The van der Waals surface area contributed by atoms with Crippen LogP contribution in [0.25, 0.3) is 0 Å². The molecule has 1 fully saturated rings. The maximum atomic E-state index is 12.8. The molecule has 23 heavy (non-hydrogen) atoms. The highest BCUT2D eigenvalue weighted by molar-refractivity contribution is 9.10. The molecule has 0 aliphatic carbocycles. The number of amides is 1. The number of carbonyl (C=O) groups is 2. The predicted octanol–water partition coefficient (Wildman–Crippen LogP) is 2.16. The molecule has 1 aliphatic heterocycles. The van der Waals surface area contributed by atoms with Crippen molar-refractivity contribution in [1.82, 2.24) is 4.90 Å². The summed E-state index contributed by atoms with van der Waals surface area (Å²) in [7, 11) is 4.37. The van der Waals surface area contributed by atoms with Crippen LogP contribution < -0.4 is 14.2 Å². The number of halogens is 1. The molecule has 2 rings (SSSR count). The fourth-order valence-corrected chi connectivity index (χ4v) is 3.32. The lowest BCUT2D eigenvalue weighted by Crippen LogP contribution is -2.40. The monoisotopic (exact) mass is 387 g/mol. The molecule has 7 nitrogen and oxygen atoms in total. The van der Waals surface area contributed by atoms with Crippen LogP contribution in [-0.4, -0.2) is 55.8 Å². The van der Waals surface area contributed by atoms with E-state index in [0.717, 1.165) is 0 Å². The van der Waals surface area contributed by atoms with E-state index in [1.807, 2.05) is 0 Å². The first-order valence-corrected chi connectivity index (χ1v) is 7.77. The van der Waals surface area contributed by atoms with Crippen molar-refractivity contribution in [2.24, 2.45) is 0 Å². The van der Waals surface area contributed by atoms with Crippen molar-refractivity contribution >= 4 is 27.8 Å². The van der Waals surface area contributed by atoms with Gasteiger partial charge in [-0.25, -0.2) is 4.79 Å². The number of likely N-dealkylation sites (tertiary alicyclic amines) is 1. The minimum absolute atomic E-state index is 0.271. The highest BCUT2D eigenvalue weighted by Crippen LogP contribution is 2.45. The molecule has 0 radical (unpaired) electrons. The third-order valence-electron chi connectivity index (χ3n) is 3.80. The summed E-state index contributed by atoms with van der Waals surface area (Å²) in [5.41, 5.74) is 0.271. The fourth-order valence-electron chi connectivity index (χ4n) is 2.70. The van der Waals surface area contributed by atoms with Crippen molar-refractivity contribution < 1.29 is 28.9 Å². The Labute approximate surface area is 142 Å². The van der Waals surface area contributed by atoms with Gasteiger partial charge in [-0.3, -0.25) is 4.79 Å². The fraction of sp³-hybridized carbons (Fsp3) is 0.467. The van der Waals surface area contributed by atoms with Gasteiger partial charge in [0.15, 0.2) is 11.5 Å². The van der Waals surface area contributed by atoms with E-state index < -0.39 is 12.0 Å². The van der Waals surface area contributed by atoms with Crippen LogP contribution in [-0.2, 0) is 4.79 Å². The molecule has 126 valence electrons. The number of carbonyl (C=O) groups excluding carboxylic acids is 1. The standard InChI is InChI=1S/C15H18BrNO6/c1-21-10-7-8(11(16)13(23-3)12(10)22-2)14(18)17-6-4-5-9(17)15(19)20/h7,9H,4-6H2,1-3H3,(H,19,20). The van der Waals surface area contributed by atoms with Crippen LogP contribution in [0.1, 0.15) is 23.2 Å². The second-order valence-corrected chi connectivity index (χ2v) is 5.79. The molecule has 1 heterocycles. The van der Waals surface area contributed by atoms with Gasteiger partial charge in [0.1, 0.15) is 6.04 Å². The zero-order valence-corrected chi connectivity index (χ0v) is 14.7. The van der Waals surface area contributed by atoms with Crippen LogP contribution in [0.3, 0.4) is 0 Å². The van der Waals surface area contributed by atoms with Crippen molar-refractivity contribution in [3.8, 4) is 17.2 Å². The Morgan fingerprint density at radius 2 is 1.87 bits per heavy atom. The van der Waals surface area contributed by atoms with E-state index in [4.69, 9.17) is 14.2 Å². The number of hydrogen-bond acceptors (Lipinski definition) is 5. The van der Waals surface area contributed by atoms with E-state index in [-0.39, 0.29) is 11.5 Å². The summed E-state index contributed by atoms with van der Waals surface area (Å²) in [6.45, 7) is 0.402. The van der Waals surface area contributed by atoms with Gasteiger partial charge >= 0.3 is 5.97 Å². The molecule has 1 aromatic carbocycles. The van der Waals surface area contributed by atoms with E-state index in [1.54, 1.807) is 0 Å². The van der Waals surface area contributed by atoms with E-state index >= 15 is 0 Å². The molecular weight excluding hydrogens is 370 g/mol. The van der Waals surface area contributed by atoms with E-state index in [2.05, 4.69) is 15.9 Å². The van der Waals surface area contributed by atoms with Crippen molar-refractivity contribution in [2.45, 2.75) is 18.9 Å². The first-order valence-electron chi connectivity index (χ1n) is 6.98. The van der Waals surface area contributed by atoms with Crippen LogP contribution in [0.2, 0.25) is 0 Å². The normalized spacial score (nSPS) is 17.0. The highest BCUT2D eigenvalue weighted by atomic mass is 79.9. The molecule has 1 unspecified atom stereocenters. The highest BCUT2D eigenvalue weighted by Gasteiger charge is 2.36. The average Bonchev–Trinajstić information content (AvgIpc) is 3.03. The van der Waals surface area contributed by atoms with Crippen molar-refractivity contribution in [2.75, 3.05) is 27.9 Å². The zero-order chi connectivity index (χ0) is 17.1. The largest absolute Gasteiger partial charge is 0.493 e. The predicted molar refractivity (Wildman–Crippen MR) is 85.5 cm³/mol. The number of benzene rings is 1. The quantitative estimate of drug-likeness (QED) is 0.832. The summed E-state index contributed by atoms with van der Waals surface area (Å²) < 4.78 is 16.2. The molecule has 0 aromatic heterocycles. The molecule has 1 atom stereocenters. The Morgan fingerprint density at radius 3 is 2.39 bits per heavy atom. The first-order chi connectivity index (χ1) is 11.0. The lowest BCUT2D eigenvalue weighted by Gasteiger charge is -2.23. The topological polar surface area (TPSA) is 85.3 Å². The van der Waals surface area contributed by atoms with Gasteiger partial charge in [0.2, 0.25) is 5.75 Å². The summed E-state index contributed by atoms with van der Waals surface area (Å²) in [5.74, 6) is -0.377. The number of rotatable bonds is 5. The summed E-state index contributed by atoms with van der Waals surface area (Å²) in [6.07, 6.45) is 1.11. The van der Waals surface area contributed by atoms with E-state index in [0.29, 0.717) is 41.1 Å². The Balaban J connectivity index is 2.50. The average molecular weight is 388 g/mol. The van der Waals surface area contributed by atoms with Gasteiger partial charge in [0.25, 0.3) is 5.91 Å². The Kier molecular flexibility index (Phi) is 5.35. The summed E-state index contributed by atoms with van der Waals surface area (Å²) in [5, 5.41) is 9.26. The van der Waals surface area contributed by atoms with Crippen molar-refractivity contribution in [3.63, 3.8) is 0 Å². The lowest BCUT2D eigenvalue weighted by molar-refractivity contribution is -0.141. The lowest BCUT2D eigenvalue weighted by atomic mass is 10.1. The Hall–Kier alpha value is -1.96. The van der Waals surface area contributed by atoms with Crippen LogP contribution in [0.5, 0.6) is 17.2 Å². The van der Waals surface area contributed by atoms with E-state index in [1.165, 1.54) is 32.3 Å². The van der Waals surface area contributed by atoms with Gasteiger partial charge in [-0.15, -0.1) is 0 Å². The number of carboxylic acid groups (broad SMARTS) is 1. The maximum Gasteiger partial charge on any atom is 0.326 e. The third kappa shape index (κ3) is 3.08. The third-order valence-corrected chi connectivity index (χ3v) is 4.59. The number of aliphatic carboxylic acids is 1. The van der Waals surface area contributed by atoms with Crippen molar-refractivity contribution in [1.29, 1.82) is 0 Å². The number of ether oxygens (including phenoxy) is 3. The number of methoxy groups -OCH3 is 3. The molecule has 8 heteroatoms. The SMILES string of the molecule is COc1cc(C(=O)N2CCCC2C(=O)O)c(Br)c(OC)c1OC. The molecule has 1 saturated heterocycles. The van der Waals surface area contributed by atoms with Gasteiger partial charge in [-0.2, -0.15) is 0 Å². The minimum Gasteiger partial charge on any atom is -0.493 e. The smallest absolute Gasteiger partial charge is 0.326 e. The number of carboxylic acids is 1. The van der Waals surface area contributed by atoms with Crippen LogP contribution in [0.4, 0.5) is 0 Å². The van der Waals surface area contributed by atoms with Crippen molar-refractivity contribution in [3.05, 3.63) is 16.1 Å². The molecule has 1 aliphatic rings. The molecular formula is C15H18BrNO6. The summed E-state index contributed by atoms with van der Waals surface area (Å²) in [4.78, 5) is 25.5. The van der Waals surface area contributed by atoms with Gasteiger partial charge in [-0.05, 0) is 34.8 Å². The molecule has 0 bridgehead atoms. The molecule has 1 amide bonds. The molecule has 0 spiro atoms. The number of nitrogens with zero attached hydrogens (tertiary/aromatic N) is 1. The molecule has 1 aromatic rings. The number of hydrogen-bond donors (Lipinski definition) is 1. The van der Waals surface area contributed by atoms with E-state index in [9.17, 15) is 14.7 Å². The van der Waals surface area contributed by atoms with Crippen LogP contribution in [0.15, 0.2) is 10.5 Å². The minimum atomic E-state index is -1.00. The molecule has 0 saturated carbocycles.